The summed E-state index contributed by atoms with van der Waals surface area (Å²) in [6.45, 7) is 5.47. The molecule has 0 saturated heterocycles. The molecule has 0 aliphatic carbocycles. The maximum Gasteiger partial charge on any atom is 0.220 e. The monoisotopic (exact) mass is 233 g/mol. The van der Waals surface area contributed by atoms with E-state index < -0.39 is 5.60 Å². The Balaban J connectivity index is 2.50. The minimum Gasteiger partial charge on any atom is -0.384 e. The summed E-state index contributed by atoms with van der Waals surface area (Å²) in [6.07, 6.45) is 2.77. The van der Waals surface area contributed by atoms with E-state index in [0.717, 1.165) is 5.56 Å². The van der Waals surface area contributed by atoms with Crippen LogP contribution in [0, 0.1) is 0 Å². The predicted octanol–water partition coefficient (Wildman–Crippen LogP) is 1.98. The van der Waals surface area contributed by atoms with Gasteiger partial charge in [-0.1, -0.05) is 36.4 Å². The van der Waals surface area contributed by atoms with Crippen LogP contribution in [0.4, 0.5) is 0 Å². The van der Waals surface area contributed by atoms with Crippen LogP contribution in [0.5, 0.6) is 0 Å². The van der Waals surface area contributed by atoms with Crippen molar-refractivity contribution in [3.05, 3.63) is 48.6 Å². The second-order valence-electron chi connectivity index (χ2n) is 4.24. The zero-order chi connectivity index (χ0) is 12.7. The summed E-state index contributed by atoms with van der Waals surface area (Å²) < 4.78 is 0. The van der Waals surface area contributed by atoms with E-state index in [1.54, 1.807) is 13.0 Å². The van der Waals surface area contributed by atoms with E-state index in [-0.39, 0.29) is 12.5 Å². The lowest BCUT2D eigenvalue weighted by atomic mass is 9.96. The van der Waals surface area contributed by atoms with Crippen molar-refractivity contribution in [3.8, 4) is 0 Å². The van der Waals surface area contributed by atoms with E-state index in [1.165, 1.54) is 0 Å². The number of hydrogen-bond acceptors (Lipinski definition) is 2. The molecule has 0 aliphatic rings. The van der Waals surface area contributed by atoms with Gasteiger partial charge in [0, 0.05) is 6.42 Å². The molecule has 2 N–H and O–H groups in total. The molecule has 17 heavy (non-hydrogen) atoms. The number of aliphatic hydroxyl groups is 1. The van der Waals surface area contributed by atoms with Crippen molar-refractivity contribution in [1.82, 2.24) is 5.32 Å². The minimum absolute atomic E-state index is 0.0684. The average molecular weight is 233 g/mol. The fraction of sp³-hybridized carbons (Fsp3) is 0.357. The zero-order valence-corrected chi connectivity index (χ0v) is 10.1. The van der Waals surface area contributed by atoms with Crippen molar-refractivity contribution in [1.29, 1.82) is 0 Å². The van der Waals surface area contributed by atoms with Gasteiger partial charge in [0.1, 0.15) is 5.60 Å². The number of rotatable bonds is 6. The van der Waals surface area contributed by atoms with Crippen molar-refractivity contribution < 1.29 is 9.90 Å². The van der Waals surface area contributed by atoms with Gasteiger partial charge < -0.3 is 10.4 Å². The van der Waals surface area contributed by atoms with Gasteiger partial charge in [-0.25, -0.2) is 0 Å². The number of allylic oxidation sites excluding steroid dienone is 1. The molecule has 3 nitrogen and oxygen atoms in total. The Kier molecular flexibility index (Phi) is 4.91. The molecule has 3 heteroatoms. The first-order chi connectivity index (χ1) is 8.06. The Hall–Kier alpha value is -1.61. The third-order valence-corrected chi connectivity index (χ3v) is 2.60. The molecule has 92 valence electrons. The van der Waals surface area contributed by atoms with Gasteiger partial charge in [0.05, 0.1) is 6.54 Å². The van der Waals surface area contributed by atoms with Gasteiger partial charge in [-0.2, -0.15) is 0 Å². The molecule has 1 aromatic carbocycles. The summed E-state index contributed by atoms with van der Waals surface area (Å²) in [5, 5.41) is 12.9. The normalized spacial score (nSPS) is 13.8. The van der Waals surface area contributed by atoms with E-state index in [9.17, 15) is 9.90 Å². The second kappa shape index (κ2) is 6.21. The van der Waals surface area contributed by atoms with Gasteiger partial charge in [-0.3, -0.25) is 4.79 Å². The van der Waals surface area contributed by atoms with E-state index in [4.69, 9.17) is 0 Å². The largest absolute Gasteiger partial charge is 0.384 e. The van der Waals surface area contributed by atoms with Crippen LogP contribution in [0.3, 0.4) is 0 Å². The Labute approximate surface area is 102 Å². The molecule has 1 rings (SSSR count). The minimum atomic E-state index is -1.04. The maximum atomic E-state index is 11.4. The highest BCUT2D eigenvalue weighted by Gasteiger charge is 2.23. The van der Waals surface area contributed by atoms with Crippen LogP contribution in [0.2, 0.25) is 0 Å². The number of hydrogen-bond donors (Lipinski definition) is 2. The van der Waals surface area contributed by atoms with E-state index >= 15 is 0 Å². The molecular formula is C14H19NO2. The Bertz CT molecular complexity index is 371. The summed E-state index contributed by atoms with van der Waals surface area (Å²) in [6, 6.07) is 9.31. The molecule has 1 amide bonds. The molecule has 1 aromatic rings. The lowest BCUT2D eigenvalue weighted by molar-refractivity contribution is -0.122. The van der Waals surface area contributed by atoms with Crippen LogP contribution in [0.1, 0.15) is 25.3 Å². The van der Waals surface area contributed by atoms with Crippen molar-refractivity contribution >= 4 is 5.91 Å². The highest BCUT2D eigenvalue weighted by Crippen LogP contribution is 2.18. The second-order valence-corrected chi connectivity index (χ2v) is 4.24. The molecule has 0 aliphatic heterocycles. The molecule has 0 saturated carbocycles. The number of carbonyl (C=O) groups is 1. The van der Waals surface area contributed by atoms with Crippen LogP contribution in [-0.2, 0) is 10.4 Å². The van der Waals surface area contributed by atoms with Crippen LogP contribution in [-0.4, -0.2) is 17.6 Å². The molecule has 0 bridgehead atoms. The summed E-state index contributed by atoms with van der Waals surface area (Å²) in [5.41, 5.74) is -0.241. The van der Waals surface area contributed by atoms with Crippen LogP contribution in [0.25, 0.3) is 0 Å². The fourth-order valence-electron chi connectivity index (χ4n) is 1.49. The topological polar surface area (TPSA) is 49.3 Å². The smallest absolute Gasteiger partial charge is 0.220 e. The molecular weight excluding hydrogens is 214 g/mol. The molecule has 0 fully saturated rings. The number of benzene rings is 1. The van der Waals surface area contributed by atoms with Crippen molar-refractivity contribution in [2.75, 3.05) is 6.54 Å². The van der Waals surface area contributed by atoms with E-state index in [2.05, 4.69) is 11.9 Å². The average Bonchev–Trinajstić information content (AvgIpc) is 2.35. The van der Waals surface area contributed by atoms with Gasteiger partial charge in [-0.15, -0.1) is 6.58 Å². The molecule has 0 heterocycles. The zero-order valence-electron chi connectivity index (χ0n) is 10.1. The van der Waals surface area contributed by atoms with E-state index in [1.807, 2.05) is 30.3 Å². The first-order valence-corrected chi connectivity index (χ1v) is 5.72. The maximum absolute atomic E-state index is 11.4. The van der Waals surface area contributed by atoms with E-state index in [0.29, 0.717) is 12.8 Å². The van der Waals surface area contributed by atoms with Gasteiger partial charge >= 0.3 is 0 Å². The Morgan fingerprint density at radius 1 is 1.47 bits per heavy atom. The van der Waals surface area contributed by atoms with Crippen LogP contribution in [0.15, 0.2) is 43.0 Å². The van der Waals surface area contributed by atoms with Gasteiger partial charge in [0.15, 0.2) is 0 Å². The third kappa shape index (κ3) is 4.41. The van der Waals surface area contributed by atoms with Crippen molar-refractivity contribution in [2.45, 2.75) is 25.4 Å². The number of nitrogens with one attached hydrogen (secondary N) is 1. The molecule has 0 radical (unpaired) electrons. The molecule has 1 atom stereocenters. The number of amides is 1. The number of carbonyl (C=O) groups excluding carboxylic acids is 1. The summed E-state index contributed by atoms with van der Waals surface area (Å²) in [7, 11) is 0. The standard InChI is InChI=1S/C14H19NO2/c1-3-4-10-13(16)15-11-14(2,17)12-8-6-5-7-9-12/h3,5-9,17H,1,4,10-11H2,2H3,(H,15,16). The Morgan fingerprint density at radius 2 is 2.12 bits per heavy atom. The van der Waals surface area contributed by atoms with Gasteiger partial charge in [-0.05, 0) is 18.9 Å². The van der Waals surface area contributed by atoms with Crippen molar-refractivity contribution in [2.24, 2.45) is 0 Å². The Morgan fingerprint density at radius 3 is 2.71 bits per heavy atom. The summed E-state index contributed by atoms with van der Waals surface area (Å²) in [5.74, 6) is -0.0684. The highest BCUT2D eigenvalue weighted by molar-refractivity contribution is 5.76. The third-order valence-electron chi connectivity index (χ3n) is 2.60. The van der Waals surface area contributed by atoms with Gasteiger partial charge in [0.25, 0.3) is 0 Å². The lowest BCUT2D eigenvalue weighted by Gasteiger charge is -2.24. The molecule has 0 spiro atoms. The quantitative estimate of drug-likeness (QED) is 0.738. The lowest BCUT2D eigenvalue weighted by Crippen LogP contribution is -2.38. The molecule has 1 unspecified atom stereocenters. The highest BCUT2D eigenvalue weighted by atomic mass is 16.3. The fourth-order valence-corrected chi connectivity index (χ4v) is 1.49. The van der Waals surface area contributed by atoms with Gasteiger partial charge in [0.2, 0.25) is 5.91 Å². The SMILES string of the molecule is C=CCCC(=O)NCC(C)(O)c1ccccc1. The van der Waals surface area contributed by atoms with Crippen LogP contribution < -0.4 is 5.32 Å². The molecule has 0 aromatic heterocycles. The summed E-state index contributed by atoms with van der Waals surface area (Å²) >= 11 is 0. The van der Waals surface area contributed by atoms with Crippen LogP contribution >= 0.6 is 0 Å². The first-order valence-electron chi connectivity index (χ1n) is 5.72. The summed E-state index contributed by atoms with van der Waals surface area (Å²) in [4.78, 5) is 11.4. The first kappa shape index (κ1) is 13.5. The van der Waals surface area contributed by atoms with Crippen molar-refractivity contribution in [3.63, 3.8) is 0 Å². The predicted molar refractivity (Wildman–Crippen MR) is 68.5 cm³/mol.